The van der Waals surface area contributed by atoms with Crippen LogP contribution in [0.15, 0.2) is 42.5 Å². The van der Waals surface area contributed by atoms with Crippen LogP contribution in [0.2, 0.25) is 0 Å². The molecule has 1 fully saturated rings. The van der Waals surface area contributed by atoms with Gasteiger partial charge in [-0.3, -0.25) is 14.9 Å². The van der Waals surface area contributed by atoms with E-state index in [0.717, 1.165) is 10.4 Å². The second-order valence-electron chi connectivity index (χ2n) is 9.61. The molecule has 1 amide bonds. The first kappa shape index (κ1) is 24.1. The quantitative estimate of drug-likeness (QED) is 0.187. The number of aromatic nitrogens is 2. The van der Waals surface area contributed by atoms with Crippen LogP contribution in [0.4, 0.5) is 5.69 Å². The van der Waals surface area contributed by atoms with Crippen molar-refractivity contribution in [1.82, 2.24) is 9.47 Å². The number of aliphatic carboxylic acids is 1. The second-order valence-corrected chi connectivity index (χ2v) is 10.6. The minimum Gasteiger partial charge on any atom is -0.477 e. The minimum atomic E-state index is -1.24. The Morgan fingerprint density at radius 1 is 1.33 bits per heavy atom. The molecule has 3 N–H and O–H groups in total. The highest BCUT2D eigenvalue weighted by Crippen LogP contribution is 2.59. The number of aliphatic hydroxyl groups excluding tert-OH is 2. The summed E-state index contributed by atoms with van der Waals surface area (Å²) in [5, 5.41) is 41.6. The topological polar surface area (TPSA) is 150 Å². The molecule has 3 aromatic rings. The Morgan fingerprint density at radius 2 is 2.00 bits per heavy atom. The number of carbonyl (C=O) groups excluding carboxylic acids is 1. The lowest BCUT2D eigenvalue weighted by atomic mass is 9.64. The first-order valence-corrected chi connectivity index (χ1v) is 12.1. The van der Waals surface area contributed by atoms with E-state index >= 15 is 0 Å². The first-order valence-electron chi connectivity index (χ1n) is 11.3. The van der Waals surface area contributed by atoms with E-state index in [1.807, 2.05) is 11.3 Å². The second kappa shape index (κ2) is 8.22. The third-order valence-corrected chi connectivity index (χ3v) is 8.52. The molecule has 12 heteroatoms. The minimum absolute atomic E-state index is 0.0579. The Hall–Kier alpha value is -3.61. The van der Waals surface area contributed by atoms with Crippen molar-refractivity contribution in [3.63, 3.8) is 0 Å². The van der Waals surface area contributed by atoms with Gasteiger partial charge < -0.3 is 20.2 Å². The molecule has 11 nitrogen and oxygen atoms in total. The van der Waals surface area contributed by atoms with Crippen LogP contribution in [-0.2, 0) is 29.7 Å². The molecule has 0 unspecified atom stereocenters. The summed E-state index contributed by atoms with van der Waals surface area (Å²) in [6.07, 6.45) is 2.88. The number of fused-ring (bicyclic) bond motifs is 2. The van der Waals surface area contributed by atoms with Crippen LogP contribution in [-0.4, -0.2) is 53.7 Å². The standard InChI is InChI=1S/C24H24N4O7S/c1-12(30)17-20-24(2,8-13-4-6-14(7-5-13)28(34)35)18(19(23(32)33)27(20)21(17)31)16-9-26-11-25(3)15(10-29)22(26)36-16/h4-7,9,11-12,17,20,29-30H,8,10H2,1-3H3/p+1/t12-,17-,20-,24+/m1/s1. The molecule has 2 aromatic heterocycles. The number of hydrogen-bond acceptors (Lipinski definition) is 7. The van der Waals surface area contributed by atoms with Crippen molar-refractivity contribution in [3.05, 3.63) is 68.7 Å². The third kappa shape index (κ3) is 3.29. The van der Waals surface area contributed by atoms with E-state index in [1.54, 1.807) is 36.3 Å². The molecule has 0 radical (unpaired) electrons. The number of nitro benzene ring substituents is 1. The zero-order chi connectivity index (χ0) is 26.1. The van der Waals surface area contributed by atoms with E-state index in [1.165, 1.54) is 35.3 Å². The molecule has 2 aliphatic heterocycles. The number of hydrogen-bond donors (Lipinski definition) is 3. The van der Waals surface area contributed by atoms with Crippen molar-refractivity contribution in [2.75, 3.05) is 0 Å². The summed E-state index contributed by atoms with van der Waals surface area (Å²) in [6, 6.07) is 5.45. The number of rotatable bonds is 7. The number of imidazole rings is 1. The lowest BCUT2D eigenvalue weighted by molar-refractivity contribution is -0.508. The molecule has 188 valence electrons. The molecular weight excluding hydrogens is 488 g/mol. The lowest BCUT2D eigenvalue weighted by Crippen LogP contribution is -2.66. The summed E-state index contributed by atoms with van der Waals surface area (Å²) in [7, 11) is 1.80. The van der Waals surface area contributed by atoms with Gasteiger partial charge in [0.25, 0.3) is 5.69 Å². The first-order chi connectivity index (χ1) is 17.0. The fraction of sp³-hybridized carbons (Fsp3) is 0.375. The molecule has 0 bridgehead atoms. The molecular formula is C24H25N4O7S+. The number of thiazole rings is 1. The number of amides is 1. The van der Waals surface area contributed by atoms with Crippen molar-refractivity contribution in [1.29, 1.82) is 0 Å². The number of aryl methyl sites for hydroxylation is 1. The van der Waals surface area contributed by atoms with E-state index in [2.05, 4.69) is 0 Å². The van der Waals surface area contributed by atoms with Crippen molar-refractivity contribution >= 4 is 39.3 Å². The average Bonchev–Trinajstić information content (AvgIpc) is 3.39. The Balaban J connectivity index is 1.70. The molecule has 0 aliphatic carbocycles. The van der Waals surface area contributed by atoms with Gasteiger partial charge in [-0.25, -0.2) is 9.36 Å². The molecule has 0 saturated carbocycles. The van der Waals surface area contributed by atoms with Gasteiger partial charge in [-0.1, -0.05) is 30.4 Å². The fourth-order valence-corrected chi connectivity index (χ4v) is 7.11. The number of nitrogens with zero attached hydrogens (tertiary/aromatic N) is 4. The van der Waals surface area contributed by atoms with Gasteiger partial charge in [-0.2, -0.15) is 4.40 Å². The van der Waals surface area contributed by atoms with Crippen LogP contribution < -0.4 is 4.40 Å². The van der Waals surface area contributed by atoms with E-state index < -0.39 is 40.3 Å². The zero-order valence-electron chi connectivity index (χ0n) is 19.8. The number of benzene rings is 1. The van der Waals surface area contributed by atoms with Gasteiger partial charge >= 0.3 is 5.97 Å². The summed E-state index contributed by atoms with van der Waals surface area (Å²) >= 11 is 1.32. The molecule has 4 heterocycles. The van der Waals surface area contributed by atoms with Crippen molar-refractivity contribution in [2.45, 2.75) is 39.0 Å². The molecule has 36 heavy (non-hydrogen) atoms. The number of carboxylic acid groups (broad SMARTS) is 1. The number of carbonyl (C=O) groups is 2. The van der Waals surface area contributed by atoms with E-state index in [0.29, 0.717) is 22.6 Å². The van der Waals surface area contributed by atoms with Gasteiger partial charge in [0.05, 0.1) is 34.9 Å². The van der Waals surface area contributed by atoms with E-state index in [4.69, 9.17) is 0 Å². The van der Waals surface area contributed by atoms with Crippen molar-refractivity contribution in [2.24, 2.45) is 18.4 Å². The summed E-state index contributed by atoms with van der Waals surface area (Å²) in [5.74, 6) is -2.47. The summed E-state index contributed by atoms with van der Waals surface area (Å²) in [4.78, 5) is 38.9. The maximum Gasteiger partial charge on any atom is 0.352 e. The number of aliphatic hydroxyl groups is 2. The molecule has 4 atom stereocenters. The zero-order valence-corrected chi connectivity index (χ0v) is 20.6. The Labute approximate surface area is 209 Å². The smallest absolute Gasteiger partial charge is 0.352 e. The highest BCUT2D eigenvalue weighted by Gasteiger charge is 2.66. The summed E-state index contributed by atoms with van der Waals surface area (Å²) in [5.41, 5.74) is 0.781. The van der Waals surface area contributed by atoms with E-state index in [9.17, 15) is 35.0 Å². The van der Waals surface area contributed by atoms with Crippen LogP contribution in [0.1, 0.15) is 30.0 Å². The number of carboxylic acids is 1. The maximum atomic E-state index is 13.1. The Kier molecular flexibility index (Phi) is 5.50. The normalized spacial score (nSPS) is 24.2. The predicted octanol–water partition coefficient (Wildman–Crippen LogP) is 1.49. The summed E-state index contributed by atoms with van der Waals surface area (Å²) in [6.45, 7) is 3.20. The highest BCUT2D eigenvalue weighted by molar-refractivity contribution is 7.18. The van der Waals surface area contributed by atoms with Crippen LogP contribution in [0.5, 0.6) is 0 Å². The number of nitro groups is 1. The van der Waals surface area contributed by atoms with Gasteiger partial charge in [0, 0.05) is 23.1 Å². The summed E-state index contributed by atoms with van der Waals surface area (Å²) < 4.78 is 3.60. The van der Waals surface area contributed by atoms with Gasteiger partial charge in [0.1, 0.15) is 18.5 Å². The van der Waals surface area contributed by atoms with E-state index in [-0.39, 0.29) is 18.0 Å². The van der Waals surface area contributed by atoms with Crippen LogP contribution in [0.3, 0.4) is 0 Å². The van der Waals surface area contributed by atoms with Crippen LogP contribution in [0, 0.1) is 21.4 Å². The third-order valence-electron chi connectivity index (χ3n) is 7.35. The van der Waals surface area contributed by atoms with Gasteiger partial charge in [0.2, 0.25) is 17.1 Å². The van der Waals surface area contributed by atoms with Gasteiger partial charge in [0.15, 0.2) is 5.69 Å². The maximum absolute atomic E-state index is 13.1. The van der Waals surface area contributed by atoms with Gasteiger partial charge in [-0.05, 0) is 18.9 Å². The SMILES string of the molecule is C[C@@H](O)[C@H]1C(=O)N2C(C(=O)O)=C(c3c[n+]4cn(C)c(CO)c4s3)[C@](C)(Cc3ccc([N+](=O)[O-])cc3)[C@@H]12. The van der Waals surface area contributed by atoms with Crippen molar-refractivity contribution < 1.29 is 34.2 Å². The lowest BCUT2D eigenvalue weighted by Gasteiger charge is -2.51. The number of non-ortho nitro benzene ring substituents is 1. The molecule has 5 rings (SSSR count). The fourth-order valence-electron chi connectivity index (χ4n) is 5.78. The molecule has 2 aliphatic rings. The Bertz CT molecular complexity index is 1450. The molecule has 1 saturated heterocycles. The highest BCUT2D eigenvalue weighted by atomic mass is 32.1. The van der Waals surface area contributed by atoms with Gasteiger partial charge in [-0.15, -0.1) is 0 Å². The number of β-lactam (4-membered cyclic amide) rings is 1. The van der Waals surface area contributed by atoms with Crippen molar-refractivity contribution in [3.8, 4) is 0 Å². The predicted molar refractivity (Wildman–Crippen MR) is 128 cm³/mol. The van der Waals surface area contributed by atoms with Crippen LogP contribution >= 0.6 is 11.3 Å². The monoisotopic (exact) mass is 513 g/mol. The van der Waals surface area contributed by atoms with Crippen LogP contribution in [0.25, 0.3) is 10.4 Å². The molecule has 0 spiro atoms. The largest absolute Gasteiger partial charge is 0.477 e. The average molecular weight is 514 g/mol. The Morgan fingerprint density at radius 3 is 2.56 bits per heavy atom. The molecule has 1 aromatic carbocycles.